The van der Waals surface area contributed by atoms with E-state index in [2.05, 4.69) is 5.32 Å². The molecule has 24 heavy (non-hydrogen) atoms. The molecule has 2 N–H and O–H groups in total. The number of benzene rings is 1. The van der Waals surface area contributed by atoms with Gasteiger partial charge in [0.25, 0.3) is 5.91 Å². The van der Waals surface area contributed by atoms with Gasteiger partial charge >= 0.3 is 5.97 Å². The van der Waals surface area contributed by atoms with E-state index in [1.807, 2.05) is 0 Å². The van der Waals surface area contributed by atoms with Gasteiger partial charge in [0.2, 0.25) is 0 Å². The van der Waals surface area contributed by atoms with E-state index in [0.29, 0.717) is 18.6 Å². The molecule has 8 heteroatoms. The molecule has 0 bridgehead atoms. The number of carbonyl (C=O) groups excluding carboxylic acids is 1. The van der Waals surface area contributed by atoms with Gasteiger partial charge in [-0.15, -0.1) is 0 Å². The number of carboxylic acids is 1. The lowest BCUT2D eigenvalue weighted by atomic mass is 10.0. The van der Waals surface area contributed by atoms with Crippen molar-refractivity contribution in [3.63, 3.8) is 0 Å². The van der Waals surface area contributed by atoms with Gasteiger partial charge in [-0.1, -0.05) is 6.07 Å². The second-order valence-corrected chi connectivity index (χ2v) is 5.34. The molecule has 2 aromatic rings. The van der Waals surface area contributed by atoms with Gasteiger partial charge in [-0.2, -0.15) is 0 Å². The first-order valence-corrected chi connectivity index (χ1v) is 7.15. The van der Waals surface area contributed by atoms with E-state index in [0.717, 1.165) is 24.5 Å². The van der Waals surface area contributed by atoms with Crippen LogP contribution in [0.15, 0.2) is 34.9 Å². The van der Waals surface area contributed by atoms with Crippen molar-refractivity contribution < 1.29 is 32.6 Å². The molecule has 1 saturated heterocycles. The molecule has 0 radical (unpaired) electrons. The number of rotatable bonds is 4. The fourth-order valence-electron chi connectivity index (χ4n) is 2.56. The lowest BCUT2D eigenvalue weighted by Crippen LogP contribution is -2.36. The van der Waals surface area contributed by atoms with E-state index in [-0.39, 0.29) is 11.3 Å². The van der Waals surface area contributed by atoms with Crippen molar-refractivity contribution in [2.24, 2.45) is 0 Å². The zero-order valence-corrected chi connectivity index (χ0v) is 12.3. The maximum absolute atomic E-state index is 13.4. The summed E-state index contributed by atoms with van der Waals surface area (Å²) in [7, 11) is 0. The normalized spacial score (nSPS) is 20.1. The van der Waals surface area contributed by atoms with Gasteiger partial charge in [0.1, 0.15) is 12.4 Å². The summed E-state index contributed by atoms with van der Waals surface area (Å²) in [6.07, 6.45) is 0.815. The highest BCUT2D eigenvalue weighted by Crippen LogP contribution is 2.30. The number of hydrogen-bond donors (Lipinski definition) is 2. The Bertz CT molecular complexity index is 789. The van der Waals surface area contributed by atoms with Crippen LogP contribution < -0.4 is 5.32 Å². The number of carbonyl (C=O) groups is 2. The quantitative estimate of drug-likeness (QED) is 0.895. The largest absolute Gasteiger partial charge is 0.478 e. The number of furan rings is 1. The van der Waals surface area contributed by atoms with E-state index in [1.54, 1.807) is 0 Å². The molecular formula is C16H13F2NO5. The monoisotopic (exact) mass is 337 g/mol. The third kappa shape index (κ3) is 3.13. The number of hydrogen-bond acceptors (Lipinski definition) is 4. The average Bonchev–Trinajstić information content (AvgIpc) is 3.19. The van der Waals surface area contributed by atoms with E-state index in [4.69, 9.17) is 14.3 Å². The van der Waals surface area contributed by atoms with Crippen LogP contribution in [0.4, 0.5) is 8.78 Å². The van der Waals surface area contributed by atoms with Crippen molar-refractivity contribution in [1.82, 2.24) is 5.32 Å². The van der Waals surface area contributed by atoms with Gasteiger partial charge in [-0.3, -0.25) is 4.79 Å². The number of aromatic carboxylic acids is 1. The number of carboxylic acid groups (broad SMARTS) is 1. The third-order valence-electron chi connectivity index (χ3n) is 3.75. The second kappa shape index (κ2) is 6.40. The fourth-order valence-corrected chi connectivity index (χ4v) is 2.56. The minimum Gasteiger partial charge on any atom is -0.478 e. The predicted molar refractivity (Wildman–Crippen MR) is 76.6 cm³/mol. The van der Waals surface area contributed by atoms with Crippen molar-refractivity contribution in [2.45, 2.75) is 18.6 Å². The molecular weight excluding hydrogens is 324 g/mol. The molecule has 1 fully saturated rings. The van der Waals surface area contributed by atoms with Gasteiger partial charge in [0.05, 0.1) is 11.6 Å². The molecule has 1 aromatic heterocycles. The zero-order valence-electron chi connectivity index (χ0n) is 12.3. The van der Waals surface area contributed by atoms with Crippen LogP contribution in [0.25, 0.3) is 0 Å². The Balaban J connectivity index is 1.74. The summed E-state index contributed by atoms with van der Waals surface area (Å²) in [5.41, 5.74) is 0.266. The smallest absolute Gasteiger partial charge is 0.338 e. The summed E-state index contributed by atoms with van der Waals surface area (Å²) in [5, 5.41) is 11.5. The number of ether oxygens (including phenoxy) is 1. The van der Waals surface area contributed by atoms with Crippen LogP contribution >= 0.6 is 0 Å². The molecule has 0 saturated carbocycles. The Kier molecular flexibility index (Phi) is 4.30. The first-order valence-electron chi connectivity index (χ1n) is 7.15. The van der Waals surface area contributed by atoms with Crippen LogP contribution in [-0.2, 0) is 4.74 Å². The Morgan fingerprint density at radius 3 is 2.67 bits per heavy atom. The van der Waals surface area contributed by atoms with Crippen LogP contribution in [0.2, 0.25) is 0 Å². The van der Waals surface area contributed by atoms with Crippen LogP contribution in [0.5, 0.6) is 0 Å². The molecule has 1 amide bonds. The van der Waals surface area contributed by atoms with E-state index in [1.165, 1.54) is 6.07 Å². The Labute approximate surface area is 135 Å². The van der Waals surface area contributed by atoms with Gasteiger partial charge in [0.15, 0.2) is 17.4 Å². The minimum atomic E-state index is -1.21. The second-order valence-electron chi connectivity index (χ2n) is 5.34. The van der Waals surface area contributed by atoms with Crippen molar-refractivity contribution in [3.05, 3.63) is 59.1 Å². The molecule has 2 atom stereocenters. The highest BCUT2D eigenvalue weighted by molar-refractivity contribution is 5.95. The van der Waals surface area contributed by atoms with Gasteiger partial charge < -0.3 is 19.6 Å². The summed E-state index contributed by atoms with van der Waals surface area (Å²) in [5.74, 6) is -3.92. The predicted octanol–water partition coefficient (Wildman–Crippen LogP) is 2.52. The van der Waals surface area contributed by atoms with Crippen LogP contribution in [-0.4, -0.2) is 29.6 Å². The van der Waals surface area contributed by atoms with E-state index in [9.17, 15) is 18.4 Å². The molecule has 0 unspecified atom stereocenters. The fraction of sp³-hybridized carbons (Fsp3) is 0.250. The number of amides is 1. The molecule has 126 valence electrons. The van der Waals surface area contributed by atoms with Crippen LogP contribution in [0.3, 0.4) is 0 Å². The minimum absolute atomic E-state index is 0.139. The summed E-state index contributed by atoms with van der Waals surface area (Å²) in [6.45, 7) is 0.340. The molecule has 0 aliphatic carbocycles. The molecule has 6 nitrogen and oxygen atoms in total. The third-order valence-corrected chi connectivity index (χ3v) is 3.75. The Morgan fingerprint density at radius 2 is 2.00 bits per heavy atom. The highest BCUT2D eigenvalue weighted by atomic mass is 19.2. The zero-order chi connectivity index (χ0) is 17.3. The summed E-state index contributed by atoms with van der Waals surface area (Å²) in [4.78, 5) is 22.9. The summed E-state index contributed by atoms with van der Waals surface area (Å²) in [6, 6.07) is 4.06. The summed E-state index contributed by atoms with van der Waals surface area (Å²) < 4.78 is 36.8. The topological polar surface area (TPSA) is 88.8 Å². The Hall–Kier alpha value is -2.74. The van der Waals surface area contributed by atoms with Crippen molar-refractivity contribution in [3.8, 4) is 0 Å². The number of nitrogens with one attached hydrogen (secondary N) is 1. The van der Waals surface area contributed by atoms with Gasteiger partial charge in [-0.05, 0) is 24.1 Å². The maximum atomic E-state index is 13.4. The number of halogens is 2. The van der Waals surface area contributed by atoms with Crippen molar-refractivity contribution in [2.75, 3.05) is 6.61 Å². The molecule has 1 aromatic carbocycles. The lowest BCUT2D eigenvalue weighted by molar-refractivity contribution is 0.0695. The first-order chi connectivity index (χ1) is 11.5. The van der Waals surface area contributed by atoms with Gasteiger partial charge in [0, 0.05) is 12.7 Å². The first kappa shape index (κ1) is 16.1. The molecule has 0 spiro atoms. The summed E-state index contributed by atoms with van der Waals surface area (Å²) >= 11 is 0. The van der Waals surface area contributed by atoms with Crippen molar-refractivity contribution in [1.29, 1.82) is 0 Å². The van der Waals surface area contributed by atoms with Crippen LogP contribution in [0, 0.1) is 11.6 Å². The molecule has 1 aliphatic heterocycles. The Morgan fingerprint density at radius 1 is 1.21 bits per heavy atom. The molecule has 3 rings (SSSR count). The van der Waals surface area contributed by atoms with E-state index >= 15 is 0 Å². The molecule has 2 heterocycles. The van der Waals surface area contributed by atoms with E-state index < -0.39 is 35.7 Å². The molecule has 1 aliphatic rings. The highest BCUT2D eigenvalue weighted by Gasteiger charge is 2.32. The lowest BCUT2D eigenvalue weighted by Gasteiger charge is -2.19. The van der Waals surface area contributed by atoms with Gasteiger partial charge in [-0.25, -0.2) is 13.6 Å². The van der Waals surface area contributed by atoms with Crippen molar-refractivity contribution >= 4 is 11.9 Å². The maximum Gasteiger partial charge on any atom is 0.338 e. The average molecular weight is 337 g/mol. The SMILES string of the molecule is O=C(O)c1coc(C(=O)N[C@@H]2CCO[C@H]2c2ccc(F)c(F)c2)c1. The van der Waals surface area contributed by atoms with Crippen LogP contribution in [0.1, 0.15) is 39.0 Å². The standard InChI is InChI=1S/C16H13F2NO5/c17-10-2-1-8(5-11(10)18)14-12(3-4-23-14)19-15(20)13-6-9(7-24-13)16(21)22/h1-2,5-7,12,14H,3-4H2,(H,19,20)(H,21,22)/t12-,14+/m1/s1.